The maximum Gasteiger partial charge on any atom is 0.317 e. The highest BCUT2D eigenvalue weighted by Crippen LogP contribution is 1.96. The number of carboxylic acid groups (broad SMARTS) is 3. The van der Waals surface area contributed by atoms with Gasteiger partial charge in [-0.2, -0.15) is 0 Å². The van der Waals surface area contributed by atoms with E-state index in [-0.39, 0.29) is 32.1 Å². The number of rotatable bonds is 15. The Morgan fingerprint density at radius 3 is 1.50 bits per heavy atom. The van der Waals surface area contributed by atoms with Crippen LogP contribution in [0.4, 0.5) is 0 Å². The first-order chi connectivity index (χ1) is 12.2. The Morgan fingerprint density at radius 2 is 1.12 bits per heavy atom. The zero-order chi connectivity index (χ0) is 20.1. The minimum absolute atomic E-state index is 0.0675. The standard InChI is InChI=1S/C14H27N5O7/c1-2-17(7-11(20)16-15)3-4-18(8-12(21)22)5-6-19(9-13(23)24)10-14(25)26/h2-10,15H2,1H3,(H,16,20)(H,21,22)(H,23,24)(H,25,26). The quantitative estimate of drug-likeness (QED) is 0.113. The van der Waals surface area contributed by atoms with Crippen LogP contribution in [0.2, 0.25) is 0 Å². The molecule has 0 aliphatic heterocycles. The van der Waals surface area contributed by atoms with Crippen molar-refractivity contribution in [2.45, 2.75) is 6.92 Å². The molecule has 12 heteroatoms. The minimum Gasteiger partial charge on any atom is -0.480 e. The van der Waals surface area contributed by atoms with Crippen molar-refractivity contribution >= 4 is 23.8 Å². The Labute approximate surface area is 151 Å². The smallest absolute Gasteiger partial charge is 0.317 e. The van der Waals surface area contributed by atoms with E-state index in [0.717, 1.165) is 0 Å². The molecule has 0 bridgehead atoms. The first kappa shape index (κ1) is 23.7. The lowest BCUT2D eigenvalue weighted by atomic mass is 10.3. The van der Waals surface area contributed by atoms with Gasteiger partial charge >= 0.3 is 17.9 Å². The first-order valence-corrected chi connectivity index (χ1v) is 7.99. The molecule has 0 aromatic heterocycles. The molecule has 0 unspecified atom stereocenters. The Morgan fingerprint density at radius 1 is 0.731 bits per heavy atom. The van der Waals surface area contributed by atoms with Gasteiger partial charge in [-0.15, -0.1) is 0 Å². The number of amides is 1. The molecule has 0 aromatic rings. The number of hydrogen-bond donors (Lipinski definition) is 5. The van der Waals surface area contributed by atoms with Gasteiger partial charge in [0.1, 0.15) is 0 Å². The lowest BCUT2D eigenvalue weighted by Gasteiger charge is -2.27. The summed E-state index contributed by atoms with van der Waals surface area (Å²) in [6.07, 6.45) is 0. The van der Waals surface area contributed by atoms with Crippen LogP contribution < -0.4 is 11.3 Å². The number of carbonyl (C=O) groups excluding carboxylic acids is 1. The molecule has 0 spiro atoms. The molecule has 0 aromatic carbocycles. The molecular weight excluding hydrogens is 350 g/mol. The fraction of sp³-hybridized carbons (Fsp3) is 0.714. The predicted molar refractivity (Wildman–Crippen MR) is 90.2 cm³/mol. The number of aliphatic carboxylic acids is 3. The van der Waals surface area contributed by atoms with Crippen molar-refractivity contribution in [3.63, 3.8) is 0 Å². The maximum atomic E-state index is 11.3. The summed E-state index contributed by atoms with van der Waals surface area (Å²) < 4.78 is 0. The summed E-state index contributed by atoms with van der Waals surface area (Å²) in [5, 5.41) is 26.7. The summed E-state index contributed by atoms with van der Waals surface area (Å²) in [4.78, 5) is 48.5. The third-order valence-electron chi connectivity index (χ3n) is 3.52. The van der Waals surface area contributed by atoms with E-state index in [1.54, 1.807) is 9.80 Å². The SMILES string of the molecule is CCN(CCN(CCN(CC(=O)O)CC(=O)O)CC(=O)O)CC(=O)NN. The molecule has 0 saturated heterocycles. The topological polar surface area (TPSA) is 177 Å². The third-order valence-corrected chi connectivity index (χ3v) is 3.52. The van der Waals surface area contributed by atoms with Crippen molar-refractivity contribution in [2.75, 3.05) is 58.9 Å². The van der Waals surface area contributed by atoms with Gasteiger partial charge in [0.05, 0.1) is 26.2 Å². The lowest BCUT2D eigenvalue weighted by molar-refractivity contribution is -0.143. The fourth-order valence-electron chi connectivity index (χ4n) is 2.22. The van der Waals surface area contributed by atoms with Crippen molar-refractivity contribution in [1.29, 1.82) is 0 Å². The second-order valence-corrected chi connectivity index (χ2v) is 5.60. The van der Waals surface area contributed by atoms with Crippen LogP contribution >= 0.6 is 0 Å². The second kappa shape index (κ2) is 13.0. The molecule has 0 radical (unpaired) electrons. The molecule has 0 saturated carbocycles. The van der Waals surface area contributed by atoms with Crippen molar-refractivity contribution in [3.05, 3.63) is 0 Å². The van der Waals surface area contributed by atoms with Crippen LogP contribution in [0.15, 0.2) is 0 Å². The molecule has 26 heavy (non-hydrogen) atoms. The largest absolute Gasteiger partial charge is 0.480 e. The summed E-state index contributed by atoms with van der Waals surface area (Å²) in [7, 11) is 0. The van der Waals surface area contributed by atoms with Gasteiger partial charge in [0.2, 0.25) is 5.91 Å². The molecule has 0 aliphatic rings. The van der Waals surface area contributed by atoms with E-state index in [1.807, 2.05) is 12.3 Å². The fourth-order valence-corrected chi connectivity index (χ4v) is 2.22. The van der Waals surface area contributed by atoms with Gasteiger partial charge < -0.3 is 15.3 Å². The number of carbonyl (C=O) groups is 4. The molecule has 1 amide bonds. The van der Waals surface area contributed by atoms with Gasteiger partial charge in [-0.1, -0.05) is 6.92 Å². The number of nitrogens with one attached hydrogen (secondary N) is 1. The molecule has 0 fully saturated rings. The van der Waals surface area contributed by atoms with Crippen LogP contribution in [-0.2, 0) is 19.2 Å². The van der Waals surface area contributed by atoms with E-state index in [2.05, 4.69) is 0 Å². The summed E-state index contributed by atoms with van der Waals surface area (Å²) in [5.41, 5.74) is 2.02. The Bertz CT molecular complexity index is 472. The highest BCUT2D eigenvalue weighted by Gasteiger charge is 2.17. The van der Waals surface area contributed by atoms with E-state index < -0.39 is 31.0 Å². The molecule has 6 N–H and O–H groups in total. The van der Waals surface area contributed by atoms with Crippen molar-refractivity contribution in [2.24, 2.45) is 5.84 Å². The summed E-state index contributed by atoms with van der Waals surface area (Å²) in [6.45, 7) is 2.24. The monoisotopic (exact) mass is 377 g/mol. The molecule has 0 rings (SSSR count). The van der Waals surface area contributed by atoms with Crippen molar-refractivity contribution in [1.82, 2.24) is 20.1 Å². The first-order valence-electron chi connectivity index (χ1n) is 7.99. The number of nitrogens with zero attached hydrogens (tertiary/aromatic N) is 3. The average molecular weight is 377 g/mol. The van der Waals surface area contributed by atoms with Crippen LogP contribution in [0.5, 0.6) is 0 Å². The van der Waals surface area contributed by atoms with Crippen LogP contribution in [0, 0.1) is 0 Å². The summed E-state index contributed by atoms with van der Waals surface area (Å²) in [6, 6.07) is 0. The van der Waals surface area contributed by atoms with E-state index >= 15 is 0 Å². The van der Waals surface area contributed by atoms with E-state index in [0.29, 0.717) is 19.6 Å². The molecule has 0 atom stereocenters. The molecule has 12 nitrogen and oxygen atoms in total. The normalized spacial score (nSPS) is 11.1. The molecule has 0 aliphatic carbocycles. The van der Waals surface area contributed by atoms with Crippen LogP contribution in [-0.4, -0.2) is 113 Å². The van der Waals surface area contributed by atoms with Crippen molar-refractivity contribution < 1.29 is 34.5 Å². The predicted octanol–water partition coefficient (Wildman–Crippen LogP) is -2.84. The van der Waals surface area contributed by atoms with E-state index in [1.165, 1.54) is 4.90 Å². The van der Waals surface area contributed by atoms with Crippen LogP contribution in [0.1, 0.15) is 6.92 Å². The van der Waals surface area contributed by atoms with Gasteiger partial charge in [0.25, 0.3) is 0 Å². The van der Waals surface area contributed by atoms with Gasteiger partial charge in [-0.05, 0) is 6.54 Å². The number of nitrogens with two attached hydrogens (primary N) is 1. The number of likely N-dealkylation sites (N-methyl/N-ethyl adjacent to an activating group) is 1. The zero-order valence-electron chi connectivity index (χ0n) is 14.8. The molecule has 0 heterocycles. The summed E-state index contributed by atoms with van der Waals surface area (Å²) >= 11 is 0. The number of carboxylic acids is 3. The number of hydrogen-bond acceptors (Lipinski definition) is 8. The Hall–Kier alpha value is -2.28. The van der Waals surface area contributed by atoms with Gasteiger partial charge in [-0.25, -0.2) is 5.84 Å². The van der Waals surface area contributed by atoms with Gasteiger partial charge in [0, 0.05) is 26.2 Å². The van der Waals surface area contributed by atoms with E-state index in [4.69, 9.17) is 21.2 Å². The Kier molecular flexibility index (Phi) is 11.9. The third kappa shape index (κ3) is 12.1. The Balaban J connectivity index is 4.70. The van der Waals surface area contributed by atoms with Gasteiger partial charge in [-0.3, -0.25) is 39.3 Å². The van der Waals surface area contributed by atoms with E-state index in [9.17, 15) is 19.2 Å². The molecule has 150 valence electrons. The zero-order valence-corrected chi connectivity index (χ0v) is 14.8. The highest BCUT2D eigenvalue weighted by molar-refractivity contribution is 5.77. The van der Waals surface area contributed by atoms with Gasteiger partial charge in [0.15, 0.2) is 0 Å². The average Bonchev–Trinajstić information content (AvgIpc) is 2.53. The maximum absolute atomic E-state index is 11.3. The van der Waals surface area contributed by atoms with Crippen molar-refractivity contribution in [3.8, 4) is 0 Å². The minimum atomic E-state index is -1.17. The van der Waals surface area contributed by atoms with Crippen LogP contribution in [0.25, 0.3) is 0 Å². The summed E-state index contributed by atoms with van der Waals surface area (Å²) in [5.74, 6) is 1.28. The second-order valence-electron chi connectivity index (χ2n) is 5.60. The molecular formula is C14H27N5O7. The highest BCUT2D eigenvalue weighted by atomic mass is 16.4. The van der Waals surface area contributed by atoms with Crippen LogP contribution in [0.3, 0.4) is 0 Å². The number of hydrazine groups is 1. The lowest BCUT2D eigenvalue weighted by Crippen LogP contribution is -2.46.